The third kappa shape index (κ3) is 2.54. The average molecular weight is 255 g/mol. The van der Waals surface area contributed by atoms with Gasteiger partial charge in [0.15, 0.2) is 0 Å². The molecule has 2 N–H and O–H groups in total. The molecule has 2 heteroatoms. The molecule has 2 aromatic carbocycles. The van der Waals surface area contributed by atoms with Crippen LogP contribution in [-0.4, -0.2) is 6.04 Å². The third-order valence-corrected chi connectivity index (χ3v) is 4.10. The van der Waals surface area contributed by atoms with E-state index in [2.05, 4.69) is 24.3 Å². The van der Waals surface area contributed by atoms with Crippen LogP contribution in [0, 0.1) is 11.7 Å². The van der Waals surface area contributed by atoms with Crippen molar-refractivity contribution in [3.8, 4) is 0 Å². The molecule has 0 spiro atoms. The molecule has 0 saturated heterocycles. The van der Waals surface area contributed by atoms with Crippen molar-refractivity contribution in [2.24, 2.45) is 11.7 Å². The number of benzene rings is 2. The normalized spacial score (nSPS) is 16.3. The van der Waals surface area contributed by atoms with Crippen LogP contribution in [0.15, 0.2) is 48.5 Å². The number of hydrogen-bond donors (Lipinski definition) is 1. The van der Waals surface area contributed by atoms with Gasteiger partial charge in [0.2, 0.25) is 0 Å². The Hall–Kier alpha value is -1.67. The van der Waals surface area contributed by atoms with Crippen molar-refractivity contribution in [1.29, 1.82) is 0 Å². The van der Waals surface area contributed by atoms with Gasteiger partial charge < -0.3 is 5.73 Å². The molecule has 0 aliphatic heterocycles. The summed E-state index contributed by atoms with van der Waals surface area (Å²) in [5.74, 6) is 0.283. The fraction of sp³-hybridized carbons (Fsp3) is 0.294. The summed E-state index contributed by atoms with van der Waals surface area (Å²) >= 11 is 0. The molecular formula is C17H18FN. The molecule has 0 fully saturated rings. The molecule has 0 heterocycles. The molecule has 1 unspecified atom stereocenters. The van der Waals surface area contributed by atoms with Gasteiger partial charge in [-0.25, -0.2) is 4.39 Å². The van der Waals surface area contributed by atoms with Crippen molar-refractivity contribution in [3.63, 3.8) is 0 Å². The molecule has 3 rings (SSSR count). The van der Waals surface area contributed by atoms with Gasteiger partial charge in [-0.3, -0.25) is 0 Å². The van der Waals surface area contributed by atoms with Crippen molar-refractivity contribution in [2.45, 2.75) is 25.3 Å². The maximum atomic E-state index is 13.6. The molecule has 0 amide bonds. The molecule has 2 aromatic rings. The third-order valence-electron chi connectivity index (χ3n) is 4.10. The molecule has 19 heavy (non-hydrogen) atoms. The minimum atomic E-state index is -0.145. The topological polar surface area (TPSA) is 26.0 Å². The van der Waals surface area contributed by atoms with E-state index >= 15 is 0 Å². The van der Waals surface area contributed by atoms with Gasteiger partial charge in [-0.2, -0.15) is 0 Å². The fourth-order valence-electron chi connectivity index (χ4n) is 2.98. The van der Waals surface area contributed by atoms with E-state index in [-0.39, 0.29) is 11.9 Å². The van der Waals surface area contributed by atoms with Crippen molar-refractivity contribution in [1.82, 2.24) is 0 Å². The molecule has 1 aliphatic rings. The quantitative estimate of drug-likeness (QED) is 0.896. The monoisotopic (exact) mass is 255 g/mol. The van der Waals surface area contributed by atoms with E-state index in [1.165, 1.54) is 17.2 Å². The highest BCUT2D eigenvalue weighted by atomic mass is 19.1. The van der Waals surface area contributed by atoms with Crippen LogP contribution in [0.3, 0.4) is 0 Å². The molecule has 0 bridgehead atoms. The van der Waals surface area contributed by atoms with Crippen LogP contribution in [0.5, 0.6) is 0 Å². The first-order chi connectivity index (χ1) is 9.24. The zero-order chi connectivity index (χ0) is 13.2. The number of nitrogens with two attached hydrogens (primary N) is 1. The van der Waals surface area contributed by atoms with Gasteiger partial charge in [-0.05, 0) is 47.9 Å². The Bertz CT molecular complexity index is 554. The Morgan fingerprint density at radius 1 is 1.00 bits per heavy atom. The lowest BCUT2D eigenvalue weighted by Gasteiger charge is -2.19. The highest BCUT2D eigenvalue weighted by Gasteiger charge is 2.26. The maximum Gasteiger partial charge on any atom is 0.126 e. The molecule has 1 aliphatic carbocycles. The van der Waals surface area contributed by atoms with Crippen LogP contribution in [0.4, 0.5) is 4.39 Å². The summed E-state index contributed by atoms with van der Waals surface area (Å²) < 4.78 is 13.6. The summed E-state index contributed by atoms with van der Waals surface area (Å²) in [6.07, 6.45) is 2.66. The zero-order valence-corrected chi connectivity index (χ0v) is 10.9. The van der Waals surface area contributed by atoms with E-state index < -0.39 is 0 Å². The Kier molecular flexibility index (Phi) is 3.34. The number of hydrogen-bond acceptors (Lipinski definition) is 1. The van der Waals surface area contributed by atoms with Gasteiger partial charge in [0.25, 0.3) is 0 Å². The second kappa shape index (κ2) is 5.14. The Labute approximate surface area is 113 Å². The van der Waals surface area contributed by atoms with E-state index in [0.29, 0.717) is 12.3 Å². The van der Waals surface area contributed by atoms with E-state index in [0.717, 1.165) is 18.4 Å². The largest absolute Gasteiger partial charge is 0.327 e. The van der Waals surface area contributed by atoms with Crippen molar-refractivity contribution in [3.05, 3.63) is 71.0 Å². The summed E-state index contributed by atoms with van der Waals surface area (Å²) in [6.45, 7) is 0. The van der Waals surface area contributed by atoms with Crippen LogP contribution >= 0.6 is 0 Å². The summed E-state index contributed by atoms with van der Waals surface area (Å²) in [4.78, 5) is 0. The second-order valence-corrected chi connectivity index (χ2v) is 5.40. The molecule has 0 radical (unpaired) electrons. The summed E-state index contributed by atoms with van der Waals surface area (Å²) in [7, 11) is 0. The van der Waals surface area contributed by atoms with Gasteiger partial charge in [0, 0.05) is 6.04 Å². The van der Waals surface area contributed by atoms with Crippen LogP contribution in [0.2, 0.25) is 0 Å². The first-order valence-corrected chi connectivity index (χ1v) is 6.80. The highest BCUT2D eigenvalue weighted by molar-refractivity contribution is 5.33. The van der Waals surface area contributed by atoms with Crippen LogP contribution in [-0.2, 0) is 19.3 Å². The lowest BCUT2D eigenvalue weighted by atomic mass is 9.92. The molecule has 0 saturated carbocycles. The standard InChI is InChI=1S/C17H18FN/c18-16-8-4-3-7-14(16)11-17(19)15-9-12-5-1-2-6-13(12)10-15/h1-8,15,17H,9-11,19H2. The van der Waals surface area contributed by atoms with Gasteiger partial charge in [0.05, 0.1) is 0 Å². The van der Waals surface area contributed by atoms with Gasteiger partial charge >= 0.3 is 0 Å². The SMILES string of the molecule is NC(Cc1ccccc1F)C1Cc2ccccc2C1. The van der Waals surface area contributed by atoms with Crippen molar-refractivity contribution >= 4 is 0 Å². The van der Waals surface area contributed by atoms with Gasteiger partial charge in [-0.1, -0.05) is 42.5 Å². The van der Waals surface area contributed by atoms with Gasteiger partial charge in [-0.15, -0.1) is 0 Å². The molecule has 98 valence electrons. The lowest BCUT2D eigenvalue weighted by Crippen LogP contribution is -2.33. The van der Waals surface area contributed by atoms with E-state index in [4.69, 9.17) is 5.73 Å². The van der Waals surface area contributed by atoms with Crippen molar-refractivity contribution in [2.75, 3.05) is 0 Å². The number of halogens is 1. The average Bonchev–Trinajstić information content (AvgIpc) is 2.85. The van der Waals surface area contributed by atoms with E-state index in [1.54, 1.807) is 6.07 Å². The van der Waals surface area contributed by atoms with Crippen LogP contribution in [0.25, 0.3) is 0 Å². The molecular weight excluding hydrogens is 237 g/mol. The van der Waals surface area contributed by atoms with Crippen LogP contribution < -0.4 is 5.73 Å². The van der Waals surface area contributed by atoms with Crippen molar-refractivity contribution < 1.29 is 4.39 Å². The predicted octanol–water partition coefficient (Wildman–Crippen LogP) is 3.11. The Morgan fingerprint density at radius 3 is 2.21 bits per heavy atom. The summed E-state index contributed by atoms with van der Waals surface area (Å²) in [6, 6.07) is 15.4. The minimum Gasteiger partial charge on any atom is -0.327 e. The fourth-order valence-corrected chi connectivity index (χ4v) is 2.98. The molecule has 1 atom stereocenters. The maximum absolute atomic E-state index is 13.6. The molecule has 1 nitrogen and oxygen atoms in total. The summed E-state index contributed by atoms with van der Waals surface area (Å²) in [5, 5.41) is 0. The Balaban J connectivity index is 1.70. The summed E-state index contributed by atoms with van der Waals surface area (Å²) in [5.41, 5.74) is 9.82. The molecule has 0 aromatic heterocycles. The lowest BCUT2D eigenvalue weighted by molar-refractivity contribution is 0.431. The first-order valence-electron chi connectivity index (χ1n) is 6.80. The van der Waals surface area contributed by atoms with E-state index in [9.17, 15) is 4.39 Å². The van der Waals surface area contributed by atoms with E-state index in [1.807, 2.05) is 12.1 Å². The Morgan fingerprint density at radius 2 is 1.58 bits per heavy atom. The zero-order valence-electron chi connectivity index (χ0n) is 10.9. The number of rotatable bonds is 3. The first kappa shape index (κ1) is 12.4. The highest BCUT2D eigenvalue weighted by Crippen LogP contribution is 2.29. The minimum absolute atomic E-state index is 0.0179. The van der Waals surface area contributed by atoms with Crippen LogP contribution in [0.1, 0.15) is 16.7 Å². The smallest absolute Gasteiger partial charge is 0.126 e. The number of fused-ring (bicyclic) bond motifs is 1. The second-order valence-electron chi connectivity index (χ2n) is 5.40. The predicted molar refractivity (Wildman–Crippen MR) is 75.4 cm³/mol. The van der Waals surface area contributed by atoms with Gasteiger partial charge in [0.1, 0.15) is 5.82 Å².